The molecular weight excluding hydrogens is 248 g/mol. The molecule has 0 aromatic rings. The quantitative estimate of drug-likeness (QED) is 0.669. The molecule has 4 unspecified atom stereocenters. The van der Waals surface area contributed by atoms with Gasteiger partial charge >= 0.3 is 0 Å². The SMILES string of the molecule is CCC(NC)C(C)N=C=NC(C)C(CC)NC.Cl. The second-order valence-electron chi connectivity index (χ2n) is 4.45. The van der Waals surface area contributed by atoms with Crippen molar-refractivity contribution >= 4 is 18.4 Å². The standard InChI is InChI=1S/C13H28N4.ClH/c1-7-12(14-5)10(3)16-9-17-11(4)13(8-2)15-6;/h10-15H,7-8H2,1-6H3;1H. The van der Waals surface area contributed by atoms with Crippen molar-refractivity contribution in [3.05, 3.63) is 0 Å². The summed E-state index contributed by atoms with van der Waals surface area (Å²) in [6.45, 7) is 8.49. The summed E-state index contributed by atoms with van der Waals surface area (Å²) in [5.74, 6) is 0. The highest BCUT2D eigenvalue weighted by atomic mass is 35.5. The van der Waals surface area contributed by atoms with Crippen LogP contribution >= 0.6 is 12.4 Å². The lowest BCUT2D eigenvalue weighted by Gasteiger charge is -2.18. The highest BCUT2D eigenvalue weighted by molar-refractivity contribution is 5.85. The molecule has 0 saturated heterocycles. The average Bonchev–Trinajstić information content (AvgIpc) is 2.32. The van der Waals surface area contributed by atoms with Gasteiger partial charge in [0.1, 0.15) is 0 Å². The molecule has 0 heterocycles. The van der Waals surface area contributed by atoms with E-state index in [4.69, 9.17) is 0 Å². The highest BCUT2D eigenvalue weighted by Crippen LogP contribution is 2.03. The van der Waals surface area contributed by atoms with Gasteiger partial charge in [-0.2, -0.15) is 0 Å². The number of hydrogen-bond acceptors (Lipinski definition) is 4. The lowest BCUT2D eigenvalue weighted by atomic mass is 10.1. The Kier molecular flexibility index (Phi) is 12.9. The molecule has 18 heavy (non-hydrogen) atoms. The molecule has 0 rings (SSSR count). The molecule has 0 aliphatic heterocycles. The van der Waals surface area contributed by atoms with Gasteiger partial charge < -0.3 is 10.6 Å². The second kappa shape index (κ2) is 11.7. The van der Waals surface area contributed by atoms with Crippen LogP contribution in [0.4, 0.5) is 0 Å². The predicted octanol–water partition coefficient (Wildman–Crippen LogP) is 2.36. The number of hydrogen-bond donors (Lipinski definition) is 2. The Labute approximate surface area is 118 Å². The summed E-state index contributed by atoms with van der Waals surface area (Å²) in [4.78, 5) is 8.70. The van der Waals surface area contributed by atoms with Gasteiger partial charge in [0.2, 0.25) is 0 Å². The Morgan fingerprint density at radius 3 is 1.44 bits per heavy atom. The molecule has 0 aromatic carbocycles. The number of nitrogens with one attached hydrogen (secondary N) is 2. The van der Waals surface area contributed by atoms with E-state index < -0.39 is 0 Å². The van der Waals surface area contributed by atoms with Crippen molar-refractivity contribution in [2.45, 2.75) is 64.7 Å². The molecule has 0 spiro atoms. The third kappa shape index (κ3) is 7.12. The van der Waals surface area contributed by atoms with Crippen LogP contribution in [0.15, 0.2) is 9.98 Å². The van der Waals surface area contributed by atoms with Gasteiger partial charge in [-0.05, 0) is 40.8 Å². The first-order chi connectivity index (χ1) is 8.10. The van der Waals surface area contributed by atoms with Crippen molar-refractivity contribution in [2.24, 2.45) is 9.98 Å². The van der Waals surface area contributed by atoms with E-state index in [0.717, 1.165) is 12.8 Å². The zero-order valence-electron chi connectivity index (χ0n) is 12.5. The van der Waals surface area contributed by atoms with Crippen molar-refractivity contribution in [3.63, 3.8) is 0 Å². The van der Waals surface area contributed by atoms with E-state index in [-0.39, 0.29) is 24.5 Å². The van der Waals surface area contributed by atoms with Crippen molar-refractivity contribution in [3.8, 4) is 0 Å². The van der Waals surface area contributed by atoms with Crippen LogP contribution in [-0.2, 0) is 0 Å². The first-order valence-corrected chi connectivity index (χ1v) is 6.59. The van der Waals surface area contributed by atoms with Crippen molar-refractivity contribution in [2.75, 3.05) is 14.1 Å². The summed E-state index contributed by atoms with van der Waals surface area (Å²) in [5.41, 5.74) is 0. The lowest BCUT2D eigenvalue weighted by molar-refractivity contribution is 0.466. The normalized spacial score (nSPS) is 16.8. The van der Waals surface area contributed by atoms with Gasteiger partial charge in [-0.3, -0.25) is 0 Å². The Morgan fingerprint density at radius 1 is 0.889 bits per heavy atom. The van der Waals surface area contributed by atoms with Gasteiger partial charge in [0.25, 0.3) is 0 Å². The van der Waals surface area contributed by atoms with Crippen molar-refractivity contribution < 1.29 is 0 Å². The first-order valence-electron chi connectivity index (χ1n) is 6.59. The molecule has 0 fully saturated rings. The summed E-state index contributed by atoms with van der Waals surface area (Å²) in [5, 5.41) is 6.49. The maximum Gasteiger partial charge on any atom is 0.0899 e. The monoisotopic (exact) mass is 276 g/mol. The fourth-order valence-electron chi connectivity index (χ4n) is 1.97. The van der Waals surface area contributed by atoms with Gasteiger partial charge in [0, 0.05) is 12.1 Å². The third-order valence-electron chi connectivity index (χ3n) is 3.31. The van der Waals surface area contributed by atoms with Gasteiger partial charge in [-0.1, -0.05) is 13.8 Å². The number of rotatable bonds is 8. The van der Waals surface area contributed by atoms with Crippen LogP contribution in [0, 0.1) is 0 Å². The largest absolute Gasteiger partial charge is 0.315 e. The van der Waals surface area contributed by atoms with Crippen LogP contribution in [0.1, 0.15) is 40.5 Å². The summed E-state index contributed by atoms with van der Waals surface area (Å²) in [7, 11) is 3.93. The van der Waals surface area contributed by atoms with Gasteiger partial charge in [0.15, 0.2) is 0 Å². The minimum Gasteiger partial charge on any atom is -0.315 e. The zero-order valence-corrected chi connectivity index (χ0v) is 13.3. The molecule has 0 aromatic heterocycles. The van der Waals surface area contributed by atoms with E-state index in [0.29, 0.717) is 12.1 Å². The van der Waals surface area contributed by atoms with Crippen LogP contribution in [0.25, 0.3) is 0 Å². The van der Waals surface area contributed by atoms with E-state index in [9.17, 15) is 0 Å². The zero-order chi connectivity index (χ0) is 13.3. The van der Waals surface area contributed by atoms with E-state index >= 15 is 0 Å². The summed E-state index contributed by atoms with van der Waals surface area (Å²) in [6, 6.07) is 4.09. The van der Waals surface area contributed by atoms with Gasteiger partial charge in [0.05, 0.1) is 18.1 Å². The summed E-state index contributed by atoms with van der Waals surface area (Å²) >= 11 is 0. The molecule has 0 aliphatic rings. The predicted molar refractivity (Wildman–Crippen MR) is 82.3 cm³/mol. The Hall–Kier alpha value is -0.410. The Balaban J connectivity index is 0. The summed E-state index contributed by atoms with van der Waals surface area (Å²) < 4.78 is 0. The molecule has 0 radical (unpaired) electrons. The molecule has 0 amide bonds. The van der Waals surface area contributed by atoms with E-state index in [2.05, 4.69) is 54.3 Å². The number of nitrogens with zero attached hydrogens (tertiary/aromatic N) is 2. The fourth-order valence-corrected chi connectivity index (χ4v) is 1.97. The Bertz CT molecular complexity index is 221. The molecular formula is C13H29ClN4. The van der Waals surface area contributed by atoms with Crippen LogP contribution in [0.3, 0.4) is 0 Å². The molecule has 4 nitrogen and oxygen atoms in total. The maximum atomic E-state index is 4.35. The second-order valence-corrected chi connectivity index (χ2v) is 4.45. The maximum absolute atomic E-state index is 4.35. The molecule has 0 saturated carbocycles. The Morgan fingerprint density at radius 2 is 1.22 bits per heavy atom. The van der Waals surface area contributed by atoms with E-state index in [1.807, 2.05) is 14.1 Å². The third-order valence-corrected chi connectivity index (χ3v) is 3.31. The fraction of sp³-hybridized carbons (Fsp3) is 0.923. The van der Waals surface area contributed by atoms with Crippen molar-refractivity contribution in [1.29, 1.82) is 0 Å². The topological polar surface area (TPSA) is 48.8 Å². The molecule has 4 atom stereocenters. The first kappa shape index (κ1) is 19.9. The molecule has 108 valence electrons. The molecule has 5 heteroatoms. The smallest absolute Gasteiger partial charge is 0.0899 e. The number of likely N-dealkylation sites (N-methyl/N-ethyl adjacent to an activating group) is 2. The average molecular weight is 277 g/mol. The minimum atomic E-state index is 0. The van der Waals surface area contributed by atoms with Crippen LogP contribution in [0.2, 0.25) is 0 Å². The highest BCUT2D eigenvalue weighted by Gasteiger charge is 2.12. The van der Waals surface area contributed by atoms with Gasteiger partial charge in [-0.15, -0.1) is 12.4 Å². The van der Waals surface area contributed by atoms with Crippen LogP contribution in [0.5, 0.6) is 0 Å². The number of halogens is 1. The minimum absolute atomic E-state index is 0. The van der Waals surface area contributed by atoms with Crippen LogP contribution in [-0.4, -0.2) is 44.3 Å². The molecule has 2 N–H and O–H groups in total. The van der Waals surface area contributed by atoms with E-state index in [1.54, 1.807) is 0 Å². The van der Waals surface area contributed by atoms with Gasteiger partial charge in [-0.25, -0.2) is 9.98 Å². The van der Waals surface area contributed by atoms with E-state index in [1.165, 1.54) is 0 Å². The molecule has 0 aliphatic carbocycles. The number of aliphatic imine (C=N–C) groups is 2. The summed E-state index contributed by atoms with van der Waals surface area (Å²) in [6.07, 6.45) is 2.12. The lowest BCUT2D eigenvalue weighted by Crippen LogP contribution is -2.34. The van der Waals surface area contributed by atoms with Crippen molar-refractivity contribution in [1.82, 2.24) is 10.6 Å². The molecule has 0 bridgehead atoms. The van der Waals surface area contributed by atoms with Crippen LogP contribution < -0.4 is 10.6 Å².